The van der Waals surface area contributed by atoms with Crippen molar-refractivity contribution in [2.75, 3.05) is 12.5 Å². The highest BCUT2D eigenvalue weighted by atomic mass is 35.5. The summed E-state index contributed by atoms with van der Waals surface area (Å²) in [6.07, 6.45) is -2.20. The molecule has 2 aliphatic carbocycles. The molecule has 2 saturated carbocycles. The van der Waals surface area contributed by atoms with Crippen molar-refractivity contribution >= 4 is 23.5 Å². The Bertz CT molecular complexity index is 677. The summed E-state index contributed by atoms with van der Waals surface area (Å²) < 4.78 is 11.1. The van der Waals surface area contributed by atoms with E-state index in [0.29, 0.717) is 5.57 Å². The Morgan fingerprint density at radius 2 is 2.15 bits per heavy atom. The fourth-order valence-corrected chi connectivity index (χ4v) is 4.96. The second-order valence-electron chi connectivity index (χ2n) is 7.85. The molecule has 0 bridgehead atoms. The van der Waals surface area contributed by atoms with E-state index in [1.807, 2.05) is 0 Å². The van der Waals surface area contributed by atoms with Gasteiger partial charge in [0.05, 0.1) is 30.4 Å². The maximum absolute atomic E-state index is 12.2. The van der Waals surface area contributed by atoms with Crippen LogP contribution in [0, 0.1) is 23.7 Å². The first-order chi connectivity index (χ1) is 12.7. The number of carbonyl (C=O) groups is 2. The molecule has 0 radical (unpaired) electrons. The van der Waals surface area contributed by atoms with Crippen LogP contribution in [0.15, 0.2) is 24.3 Å². The molecule has 0 spiro atoms. The van der Waals surface area contributed by atoms with E-state index in [9.17, 15) is 24.9 Å². The molecule has 27 heavy (non-hydrogen) atoms. The summed E-state index contributed by atoms with van der Waals surface area (Å²) in [5.74, 6) is -3.86. The van der Waals surface area contributed by atoms with Crippen LogP contribution in [0.4, 0.5) is 0 Å². The number of fused-ring (bicyclic) bond motifs is 3. The number of hydrogen-bond donors (Lipinski definition) is 3. The molecule has 0 amide bonds. The molecular formula is C19H25ClO7. The van der Waals surface area contributed by atoms with Gasteiger partial charge in [0, 0.05) is 17.9 Å². The Balaban J connectivity index is 2.00. The number of carbonyl (C=O) groups excluding carboxylic acids is 2. The molecule has 1 heterocycles. The van der Waals surface area contributed by atoms with Gasteiger partial charge in [0.2, 0.25) is 0 Å². The summed E-state index contributed by atoms with van der Waals surface area (Å²) >= 11 is 5.99. The van der Waals surface area contributed by atoms with E-state index in [-0.39, 0.29) is 36.8 Å². The maximum atomic E-state index is 12.2. The van der Waals surface area contributed by atoms with Crippen molar-refractivity contribution < 1.29 is 34.4 Å². The smallest absolute Gasteiger partial charge is 0.334 e. The molecule has 3 rings (SSSR count). The lowest BCUT2D eigenvalue weighted by Crippen LogP contribution is -2.52. The summed E-state index contributed by atoms with van der Waals surface area (Å²) in [6.45, 7) is 9.04. The SMILES string of the molecule is C=C1CC(OC(=O)C(C)CO)C2C(=C)C(=O)OC2C2C1CC(O)C2(O)CCl. The van der Waals surface area contributed by atoms with Crippen LogP contribution < -0.4 is 0 Å². The summed E-state index contributed by atoms with van der Waals surface area (Å²) in [5.41, 5.74) is -0.811. The lowest BCUT2D eigenvalue weighted by Gasteiger charge is -2.37. The van der Waals surface area contributed by atoms with Crippen LogP contribution in [0.1, 0.15) is 19.8 Å². The van der Waals surface area contributed by atoms with Gasteiger partial charge in [0.25, 0.3) is 0 Å². The number of esters is 2. The molecule has 3 fully saturated rings. The number of hydrogen-bond acceptors (Lipinski definition) is 7. The minimum Gasteiger partial charge on any atom is -0.461 e. The van der Waals surface area contributed by atoms with E-state index in [2.05, 4.69) is 13.2 Å². The number of halogens is 1. The Morgan fingerprint density at radius 1 is 1.48 bits per heavy atom. The van der Waals surface area contributed by atoms with Crippen LogP contribution >= 0.6 is 11.6 Å². The van der Waals surface area contributed by atoms with E-state index < -0.39 is 53.6 Å². The Labute approximate surface area is 162 Å². The maximum Gasteiger partial charge on any atom is 0.334 e. The van der Waals surface area contributed by atoms with Crippen molar-refractivity contribution in [1.29, 1.82) is 0 Å². The van der Waals surface area contributed by atoms with Crippen molar-refractivity contribution in [3.8, 4) is 0 Å². The van der Waals surface area contributed by atoms with Gasteiger partial charge in [-0.3, -0.25) is 4.79 Å². The zero-order chi connectivity index (χ0) is 20.1. The van der Waals surface area contributed by atoms with Gasteiger partial charge >= 0.3 is 11.9 Å². The summed E-state index contributed by atoms with van der Waals surface area (Å²) in [4.78, 5) is 24.5. The van der Waals surface area contributed by atoms with Gasteiger partial charge in [0.1, 0.15) is 17.8 Å². The number of aliphatic hydroxyl groups excluding tert-OH is 2. The van der Waals surface area contributed by atoms with Crippen molar-refractivity contribution in [3.05, 3.63) is 24.3 Å². The fraction of sp³-hybridized carbons (Fsp3) is 0.684. The third kappa shape index (κ3) is 3.10. The third-order valence-corrected chi connectivity index (χ3v) is 6.65. The quantitative estimate of drug-likeness (QED) is 0.273. The lowest BCUT2D eigenvalue weighted by atomic mass is 9.76. The molecule has 3 N–H and O–H groups in total. The molecular weight excluding hydrogens is 376 g/mol. The molecule has 8 atom stereocenters. The van der Waals surface area contributed by atoms with E-state index in [0.717, 1.165) is 0 Å². The largest absolute Gasteiger partial charge is 0.461 e. The van der Waals surface area contributed by atoms with Crippen LogP contribution in [0.3, 0.4) is 0 Å². The molecule has 3 aliphatic rings. The van der Waals surface area contributed by atoms with E-state index in [1.165, 1.54) is 6.92 Å². The van der Waals surface area contributed by atoms with Gasteiger partial charge in [-0.15, -0.1) is 11.6 Å². The highest BCUT2D eigenvalue weighted by Gasteiger charge is 2.64. The molecule has 1 aliphatic heterocycles. The molecule has 8 heteroatoms. The van der Waals surface area contributed by atoms with Gasteiger partial charge < -0.3 is 24.8 Å². The van der Waals surface area contributed by atoms with E-state index >= 15 is 0 Å². The lowest BCUT2D eigenvalue weighted by molar-refractivity contribution is -0.161. The van der Waals surface area contributed by atoms with Crippen LogP contribution in [0.5, 0.6) is 0 Å². The second-order valence-corrected chi connectivity index (χ2v) is 8.12. The topological polar surface area (TPSA) is 113 Å². The molecule has 1 saturated heterocycles. The Morgan fingerprint density at radius 3 is 2.74 bits per heavy atom. The summed E-state index contributed by atoms with van der Waals surface area (Å²) in [6, 6.07) is 0. The Kier molecular flexibility index (Phi) is 5.42. The van der Waals surface area contributed by atoms with Gasteiger partial charge in [-0.1, -0.05) is 18.7 Å². The first-order valence-corrected chi connectivity index (χ1v) is 9.54. The standard InChI is InChI=1S/C19H25ClO7/c1-8-4-12(26-17(23)9(2)6-21)14-10(3)18(24)27-16(14)15-11(8)5-13(22)19(15,25)7-20/h9,11-16,21-22,25H,1,3-7H2,2H3. The van der Waals surface area contributed by atoms with Gasteiger partial charge in [-0.05, 0) is 19.3 Å². The third-order valence-electron chi connectivity index (χ3n) is 6.23. The predicted molar refractivity (Wildman–Crippen MR) is 95.7 cm³/mol. The molecule has 0 aromatic carbocycles. The zero-order valence-electron chi connectivity index (χ0n) is 15.1. The van der Waals surface area contributed by atoms with Crippen LogP contribution in [-0.2, 0) is 19.1 Å². The average molecular weight is 401 g/mol. The van der Waals surface area contributed by atoms with Crippen molar-refractivity contribution in [3.63, 3.8) is 0 Å². The second kappa shape index (κ2) is 7.20. The minimum absolute atomic E-state index is 0.154. The number of aliphatic hydroxyl groups is 3. The van der Waals surface area contributed by atoms with Crippen LogP contribution in [0.2, 0.25) is 0 Å². The number of ether oxygens (including phenoxy) is 2. The first kappa shape index (κ1) is 20.3. The molecule has 7 nitrogen and oxygen atoms in total. The summed E-state index contributed by atoms with van der Waals surface area (Å²) in [5, 5.41) is 30.6. The van der Waals surface area contributed by atoms with Crippen molar-refractivity contribution in [2.24, 2.45) is 23.7 Å². The van der Waals surface area contributed by atoms with Gasteiger partial charge in [0.15, 0.2) is 0 Å². The number of rotatable bonds is 4. The molecule has 8 unspecified atom stereocenters. The minimum atomic E-state index is -1.65. The Hall–Kier alpha value is -1.41. The average Bonchev–Trinajstić information content (AvgIpc) is 3.03. The summed E-state index contributed by atoms with van der Waals surface area (Å²) in [7, 11) is 0. The van der Waals surface area contributed by atoms with Crippen LogP contribution in [-0.4, -0.2) is 63.7 Å². The normalized spacial score (nSPS) is 42.2. The monoisotopic (exact) mass is 400 g/mol. The van der Waals surface area contributed by atoms with Crippen molar-refractivity contribution in [1.82, 2.24) is 0 Å². The van der Waals surface area contributed by atoms with Crippen LogP contribution in [0.25, 0.3) is 0 Å². The van der Waals surface area contributed by atoms with Gasteiger partial charge in [-0.25, -0.2) is 4.79 Å². The zero-order valence-corrected chi connectivity index (χ0v) is 15.9. The fourth-order valence-electron chi connectivity index (χ4n) is 4.61. The highest BCUT2D eigenvalue weighted by Crippen LogP contribution is 2.55. The van der Waals surface area contributed by atoms with E-state index in [4.69, 9.17) is 21.1 Å². The number of alkyl halides is 1. The predicted octanol–water partition coefficient (Wildman–Crippen LogP) is 0.551. The molecule has 0 aromatic rings. The molecule has 150 valence electrons. The first-order valence-electron chi connectivity index (χ1n) is 9.00. The highest BCUT2D eigenvalue weighted by molar-refractivity contribution is 6.18. The molecule has 0 aromatic heterocycles. The van der Waals surface area contributed by atoms with E-state index in [1.54, 1.807) is 0 Å². The van der Waals surface area contributed by atoms with Crippen molar-refractivity contribution in [2.45, 2.75) is 43.7 Å². The van der Waals surface area contributed by atoms with Gasteiger partial charge in [-0.2, -0.15) is 0 Å².